The molecule has 11 heavy (non-hydrogen) atoms. The van der Waals surface area contributed by atoms with Crippen molar-refractivity contribution in [1.82, 2.24) is 0 Å². The number of fused-ring (bicyclic) bond motifs is 2. The summed E-state index contributed by atoms with van der Waals surface area (Å²) >= 11 is 6.04. The average Bonchev–Trinajstić information content (AvgIpc) is 2.43. The van der Waals surface area contributed by atoms with Crippen molar-refractivity contribution in [2.75, 3.05) is 0 Å². The second-order valence-corrected chi connectivity index (χ2v) is 4.32. The lowest BCUT2D eigenvalue weighted by Crippen LogP contribution is -2.32. The predicted molar refractivity (Wildman–Crippen MR) is 43.2 cm³/mol. The van der Waals surface area contributed by atoms with Gasteiger partial charge in [-0.25, -0.2) is 0 Å². The van der Waals surface area contributed by atoms with E-state index in [2.05, 4.69) is 0 Å². The van der Waals surface area contributed by atoms with Crippen molar-refractivity contribution in [3.05, 3.63) is 0 Å². The molecule has 2 aliphatic rings. The molecule has 2 nitrogen and oxygen atoms in total. The quantitative estimate of drug-likeness (QED) is 0.594. The van der Waals surface area contributed by atoms with Crippen LogP contribution in [-0.4, -0.2) is 11.3 Å². The molecule has 0 aromatic heterocycles. The third kappa shape index (κ3) is 1.04. The maximum absolute atomic E-state index is 10.9. The normalized spacial score (nSPS) is 48.1. The van der Waals surface area contributed by atoms with Gasteiger partial charge in [0.05, 0.1) is 0 Å². The first kappa shape index (κ1) is 7.41. The van der Waals surface area contributed by atoms with Crippen LogP contribution in [0.2, 0.25) is 0 Å². The maximum Gasteiger partial charge on any atom is 0.220 e. The Kier molecular flexibility index (Phi) is 1.60. The molecule has 2 N–H and O–H groups in total. The van der Waals surface area contributed by atoms with Gasteiger partial charge in [0.2, 0.25) is 5.91 Å². The minimum absolute atomic E-state index is 0.0799. The standard InChI is InChI=1S/C8H12ClNO/c9-7-3-4-1-5(7)6(2-4)8(10)11/h4-7H,1-3H2,(H2,10,11)/t4-,5-,6+,7-/m1/s1. The number of halogens is 1. The first-order chi connectivity index (χ1) is 5.18. The summed E-state index contributed by atoms with van der Waals surface area (Å²) in [5.41, 5.74) is 5.25. The topological polar surface area (TPSA) is 43.1 Å². The van der Waals surface area contributed by atoms with E-state index in [1.807, 2.05) is 0 Å². The maximum atomic E-state index is 10.9. The molecule has 0 aromatic rings. The highest BCUT2D eigenvalue weighted by molar-refractivity contribution is 6.21. The molecule has 2 saturated carbocycles. The Labute approximate surface area is 71.1 Å². The minimum atomic E-state index is -0.150. The van der Waals surface area contributed by atoms with E-state index in [0.717, 1.165) is 19.3 Å². The van der Waals surface area contributed by atoms with Crippen molar-refractivity contribution < 1.29 is 4.79 Å². The molecular weight excluding hydrogens is 162 g/mol. The molecule has 0 aliphatic heterocycles. The van der Waals surface area contributed by atoms with Crippen molar-refractivity contribution in [1.29, 1.82) is 0 Å². The summed E-state index contributed by atoms with van der Waals surface area (Å²) in [6.07, 6.45) is 3.21. The first-order valence-corrected chi connectivity index (χ1v) is 4.55. The largest absolute Gasteiger partial charge is 0.369 e. The Balaban J connectivity index is 2.12. The SMILES string of the molecule is NC(=O)[C@H]1C[C@H]2C[C@H]1[C@H](Cl)C2. The second kappa shape index (κ2) is 2.37. The lowest BCUT2D eigenvalue weighted by Gasteiger charge is -2.22. The van der Waals surface area contributed by atoms with Gasteiger partial charge in [0.1, 0.15) is 0 Å². The molecule has 0 saturated heterocycles. The monoisotopic (exact) mass is 173 g/mol. The van der Waals surface area contributed by atoms with Gasteiger partial charge in [0, 0.05) is 11.3 Å². The van der Waals surface area contributed by atoms with Crippen LogP contribution >= 0.6 is 11.6 Å². The zero-order valence-corrected chi connectivity index (χ0v) is 7.05. The van der Waals surface area contributed by atoms with E-state index in [9.17, 15) is 4.79 Å². The molecule has 0 aromatic carbocycles. The van der Waals surface area contributed by atoms with Gasteiger partial charge in [-0.2, -0.15) is 0 Å². The average molecular weight is 174 g/mol. The third-order valence-electron chi connectivity index (χ3n) is 3.10. The van der Waals surface area contributed by atoms with Crippen molar-refractivity contribution in [2.45, 2.75) is 24.6 Å². The van der Waals surface area contributed by atoms with E-state index in [-0.39, 0.29) is 17.2 Å². The first-order valence-electron chi connectivity index (χ1n) is 4.12. The van der Waals surface area contributed by atoms with Crippen molar-refractivity contribution in [3.63, 3.8) is 0 Å². The smallest absolute Gasteiger partial charge is 0.220 e. The van der Waals surface area contributed by atoms with Gasteiger partial charge in [-0.3, -0.25) is 4.79 Å². The van der Waals surface area contributed by atoms with Crippen molar-refractivity contribution in [3.8, 4) is 0 Å². The molecule has 2 rings (SSSR count). The van der Waals surface area contributed by atoms with E-state index < -0.39 is 0 Å². The van der Waals surface area contributed by atoms with Crippen LogP contribution in [0.15, 0.2) is 0 Å². The number of alkyl halides is 1. The van der Waals surface area contributed by atoms with Crippen LogP contribution in [0.25, 0.3) is 0 Å². The molecule has 2 bridgehead atoms. The summed E-state index contributed by atoms with van der Waals surface area (Å²) < 4.78 is 0. The molecule has 3 heteroatoms. The Morgan fingerprint density at radius 3 is 2.45 bits per heavy atom. The molecule has 0 spiro atoms. The lowest BCUT2D eigenvalue weighted by molar-refractivity contribution is -0.123. The fourth-order valence-electron chi connectivity index (χ4n) is 2.59. The van der Waals surface area contributed by atoms with Crippen LogP contribution in [0.3, 0.4) is 0 Å². The molecule has 62 valence electrons. The Hall–Kier alpha value is -0.240. The van der Waals surface area contributed by atoms with E-state index in [4.69, 9.17) is 17.3 Å². The third-order valence-corrected chi connectivity index (χ3v) is 3.60. The highest BCUT2D eigenvalue weighted by Gasteiger charge is 2.47. The number of hydrogen-bond acceptors (Lipinski definition) is 1. The molecule has 1 amide bonds. The van der Waals surface area contributed by atoms with Gasteiger partial charge >= 0.3 is 0 Å². The van der Waals surface area contributed by atoms with Crippen LogP contribution in [0.5, 0.6) is 0 Å². The van der Waals surface area contributed by atoms with Gasteiger partial charge in [0.25, 0.3) is 0 Å². The Morgan fingerprint density at radius 1 is 1.36 bits per heavy atom. The number of nitrogens with two attached hydrogens (primary N) is 1. The summed E-state index contributed by atoms with van der Waals surface area (Å²) in [5.74, 6) is 0.998. The number of carbonyl (C=O) groups is 1. The number of amides is 1. The van der Waals surface area contributed by atoms with Gasteiger partial charge in [-0.15, -0.1) is 11.6 Å². The van der Waals surface area contributed by atoms with Crippen molar-refractivity contribution >= 4 is 17.5 Å². The highest BCUT2D eigenvalue weighted by atomic mass is 35.5. The minimum Gasteiger partial charge on any atom is -0.369 e. The van der Waals surface area contributed by atoms with Gasteiger partial charge < -0.3 is 5.73 Å². The van der Waals surface area contributed by atoms with Crippen LogP contribution in [0.4, 0.5) is 0 Å². The second-order valence-electron chi connectivity index (χ2n) is 3.76. The number of carbonyl (C=O) groups excluding carboxylic acids is 1. The van der Waals surface area contributed by atoms with E-state index in [1.165, 1.54) is 0 Å². The summed E-state index contributed by atoms with van der Waals surface area (Å²) in [6.45, 7) is 0. The number of rotatable bonds is 1. The number of hydrogen-bond donors (Lipinski definition) is 1. The summed E-state index contributed by atoms with van der Waals surface area (Å²) in [4.78, 5) is 10.9. The van der Waals surface area contributed by atoms with Crippen molar-refractivity contribution in [2.24, 2.45) is 23.5 Å². The molecule has 0 unspecified atom stereocenters. The van der Waals surface area contributed by atoms with E-state index >= 15 is 0 Å². The molecule has 2 fully saturated rings. The fraction of sp³-hybridized carbons (Fsp3) is 0.875. The summed E-state index contributed by atoms with van der Waals surface area (Å²) in [7, 11) is 0. The summed E-state index contributed by atoms with van der Waals surface area (Å²) in [6, 6.07) is 0. The van der Waals surface area contributed by atoms with Gasteiger partial charge in [0.15, 0.2) is 0 Å². The fourth-order valence-corrected chi connectivity index (χ4v) is 3.12. The molecular formula is C8H12ClNO. The van der Waals surface area contributed by atoms with Crippen LogP contribution in [-0.2, 0) is 4.79 Å². The van der Waals surface area contributed by atoms with Crippen LogP contribution in [0, 0.1) is 17.8 Å². The van der Waals surface area contributed by atoms with Crippen LogP contribution in [0.1, 0.15) is 19.3 Å². The molecule has 2 aliphatic carbocycles. The van der Waals surface area contributed by atoms with E-state index in [1.54, 1.807) is 0 Å². The number of primary amides is 1. The van der Waals surface area contributed by atoms with Gasteiger partial charge in [-0.05, 0) is 31.1 Å². The molecule has 0 radical (unpaired) electrons. The predicted octanol–water partition coefficient (Wildman–Crippen LogP) is 1.13. The zero-order chi connectivity index (χ0) is 8.01. The van der Waals surface area contributed by atoms with Gasteiger partial charge in [-0.1, -0.05) is 0 Å². The Bertz CT molecular complexity index is 195. The molecule has 4 atom stereocenters. The Morgan fingerprint density at radius 2 is 2.09 bits per heavy atom. The van der Waals surface area contributed by atoms with E-state index in [0.29, 0.717) is 11.8 Å². The zero-order valence-electron chi connectivity index (χ0n) is 6.29. The lowest BCUT2D eigenvalue weighted by atomic mass is 9.88. The molecule has 0 heterocycles. The highest BCUT2D eigenvalue weighted by Crippen LogP contribution is 2.50. The van der Waals surface area contributed by atoms with Crippen LogP contribution < -0.4 is 5.73 Å². The summed E-state index contributed by atoms with van der Waals surface area (Å²) in [5, 5.41) is 0.214.